The third-order valence-electron chi connectivity index (χ3n) is 2.58. The topological polar surface area (TPSA) is 34.9 Å². The minimum absolute atomic E-state index is 0.133. The number of hydrogen-bond donors (Lipinski definition) is 0. The Hall–Kier alpha value is -1.35. The Balaban J connectivity index is 2.29. The number of fused-ring (bicyclic) bond motifs is 1. The highest BCUT2D eigenvalue weighted by molar-refractivity contribution is 6.18. The van der Waals surface area contributed by atoms with E-state index < -0.39 is 0 Å². The van der Waals surface area contributed by atoms with Gasteiger partial charge < -0.3 is 4.57 Å². The van der Waals surface area contributed by atoms with Gasteiger partial charge in [0.05, 0.1) is 17.4 Å². The molecule has 2 rings (SSSR count). The van der Waals surface area contributed by atoms with Crippen LogP contribution in [-0.2, 0) is 7.05 Å². The molecule has 84 valence electrons. The average Bonchev–Trinajstić information content (AvgIpc) is 2.67. The van der Waals surface area contributed by atoms with E-state index in [1.54, 1.807) is 6.33 Å². The predicted molar refractivity (Wildman–Crippen MR) is 65.0 cm³/mol. The van der Waals surface area contributed by atoms with Crippen LogP contribution in [0, 0.1) is 0 Å². The smallest absolute Gasteiger partial charge is 0.162 e. The zero-order valence-electron chi connectivity index (χ0n) is 9.11. The summed E-state index contributed by atoms with van der Waals surface area (Å²) in [5.41, 5.74) is 2.62. The van der Waals surface area contributed by atoms with E-state index in [2.05, 4.69) is 4.98 Å². The molecule has 0 radical (unpaired) electrons. The first-order chi connectivity index (χ1) is 7.72. The second-order valence-electron chi connectivity index (χ2n) is 3.77. The molecule has 0 saturated heterocycles. The van der Waals surface area contributed by atoms with Gasteiger partial charge in [-0.3, -0.25) is 4.79 Å². The summed E-state index contributed by atoms with van der Waals surface area (Å²) in [5.74, 6) is 0.658. The fourth-order valence-electron chi connectivity index (χ4n) is 1.68. The van der Waals surface area contributed by atoms with Crippen molar-refractivity contribution in [2.45, 2.75) is 12.8 Å². The Morgan fingerprint density at radius 2 is 2.31 bits per heavy atom. The number of imidazole rings is 1. The molecular formula is C12H13ClN2O. The molecule has 0 amide bonds. The Morgan fingerprint density at radius 3 is 3.06 bits per heavy atom. The van der Waals surface area contributed by atoms with Gasteiger partial charge in [-0.2, -0.15) is 0 Å². The van der Waals surface area contributed by atoms with Crippen molar-refractivity contribution in [2.75, 3.05) is 5.88 Å². The van der Waals surface area contributed by atoms with Gasteiger partial charge in [-0.15, -0.1) is 11.6 Å². The summed E-state index contributed by atoms with van der Waals surface area (Å²) in [5, 5.41) is 0. The van der Waals surface area contributed by atoms with Crippen LogP contribution in [0.5, 0.6) is 0 Å². The molecule has 2 aromatic rings. The molecule has 0 unspecified atom stereocenters. The van der Waals surface area contributed by atoms with Gasteiger partial charge in [-0.05, 0) is 24.6 Å². The maximum atomic E-state index is 11.8. The molecule has 3 nitrogen and oxygen atoms in total. The first-order valence-corrected chi connectivity index (χ1v) is 5.76. The third-order valence-corrected chi connectivity index (χ3v) is 2.85. The van der Waals surface area contributed by atoms with Gasteiger partial charge in [-0.25, -0.2) is 4.98 Å². The number of benzene rings is 1. The average molecular weight is 237 g/mol. The predicted octanol–water partition coefficient (Wildman–Crippen LogP) is 2.78. The minimum atomic E-state index is 0.133. The van der Waals surface area contributed by atoms with Crippen molar-refractivity contribution in [3.8, 4) is 0 Å². The Labute approximate surface area is 99.0 Å². The molecule has 0 fully saturated rings. The number of aryl methyl sites for hydroxylation is 1. The van der Waals surface area contributed by atoms with E-state index in [4.69, 9.17) is 11.6 Å². The van der Waals surface area contributed by atoms with Crippen LogP contribution in [0.3, 0.4) is 0 Å². The Kier molecular flexibility index (Phi) is 3.25. The van der Waals surface area contributed by atoms with Crippen LogP contribution in [0.1, 0.15) is 23.2 Å². The molecule has 0 atom stereocenters. The number of nitrogens with zero attached hydrogens (tertiary/aromatic N) is 2. The van der Waals surface area contributed by atoms with E-state index in [-0.39, 0.29) is 5.78 Å². The molecule has 16 heavy (non-hydrogen) atoms. The lowest BCUT2D eigenvalue weighted by molar-refractivity contribution is 0.0982. The number of carbonyl (C=O) groups is 1. The van der Waals surface area contributed by atoms with E-state index >= 15 is 0 Å². The zero-order chi connectivity index (χ0) is 11.5. The molecule has 0 aliphatic carbocycles. The van der Waals surface area contributed by atoms with E-state index in [0.717, 1.165) is 23.0 Å². The number of Topliss-reactive ketones (excluding diaryl/α,β-unsaturated/α-hetero) is 1. The summed E-state index contributed by atoms with van der Waals surface area (Å²) in [7, 11) is 1.93. The van der Waals surface area contributed by atoms with Crippen molar-refractivity contribution < 1.29 is 4.79 Å². The van der Waals surface area contributed by atoms with E-state index in [1.807, 2.05) is 29.8 Å². The molecule has 1 heterocycles. The van der Waals surface area contributed by atoms with Gasteiger partial charge in [0, 0.05) is 24.9 Å². The number of alkyl halides is 1. The van der Waals surface area contributed by atoms with Gasteiger partial charge in [0.1, 0.15) is 0 Å². The highest BCUT2D eigenvalue weighted by Crippen LogP contribution is 2.15. The summed E-state index contributed by atoms with van der Waals surface area (Å²) in [4.78, 5) is 16.0. The molecule has 4 heteroatoms. The quantitative estimate of drug-likeness (QED) is 0.604. The normalized spacial score (nSPS) is 10.9. The summed E-state index contributed by atoms with van der Waals surface area (Å²) >= 11 is 5.56. The van der Waals surface area contributed by atoms with Crippen LogP contribution in [0.4, 0.5) is 0 Å². The van der Waals surface area contributed by atoms with E-state index in [0.29, 0.717) is 12.3 Å². The van der Waals surface area contributed by atoms with Crippen molar-refractivity contribution in [3.05, 3.63) is 30.1 Å². The molecule has 1 aromatic carbocycles. The molecular weight excluding hydrogens is 224 g/mol. The summed E-state index contributed by atoms with van der Waals surface area (Å²) in [6.07, 6.45) is 2.97. The maximum absolute atomic E-state index is 11.8. The lowest BCUT2D eigenvalue weighted by Crippen LogP contribution is -1.99. The van der Waals surface area contributed by atoms with Crippen molar-refractivity contribution in [2.24, 2.45) is 7.05 Å². The molecule has 1 aromatic heterocycles. The monoisotopic (exact) mass is 236 g/mol. The first-order valence-electron chi connectivity index (χ1n) is 5.22. The van der Waals surface area contributed by atoms with Crippen molar-refractivity contribution in [1.29, 1.82) is 0 Å². The largest absolute Gasteiger partial charge is 0.334 e. The van der Waals surface area contributed by atoms with Crippen LogP contribution >= 0.6 is 11.6 Å². The van der Waals surface area contributed by atoms with Crippen LogP contribution in [0.2, 0.25) is 0 Å². The molecule has 0 spiro atoms. The van der Waals surface area contributed by atoms with Crippen molar-refractivity contribution in [3.63, 3.8) is 0 Å². The second-order valence-corrected chi connectivity index (χ2v) is 4.15. The molecule has 0 bridgehead atoms. The lowest BCUT2D eigenvalue weighted by Gasteiger charge is -2.00. The van der Waals surface area contributed by atoms with Crippen LogP contribution in [0.25, 0.3) is 11.0 Å². The fourth-order valence-corrected chi connectivity index (χ4v) is 1.81. The number of carbonyl (C=O) groups excluding carboxylic acids is 1. The van der Waals surface area contributed by atoms with Crippen LogP contribution < -0.4 is 0 Å². The standard InChI is InChI=1S/C12H13ClN2O/c1-15-8-14-10-7-9(4-5-11(10)15)12(16)3-2-6-13/h4-5,7-8H,2-3,6H2,1H3. The highest BCUT2D eigenvalue weighted by Gasteiger charge is 2.07. The van der Waals surface area contributed by atoms with Crippen molar-refractivity contribution >= 4 is 28.4 Å². The van der Waals surface area contributed by atoms with Gasteiger partial charge in [0.15, 0.2) is 5.78 Å². The van der Waals surface area contributed by atoms with Crippen LogP contribution in [-0.4, -0.2) is 21.2 Å². The van der Waals surface area contributed by atoms with Gasteiger partial charge >= 0.3 is 0 Å². The number of aromatic nitrogens is 2. The molecule has 0 aliphatic heterocycles. The number of rotatable bonds is 4. The fraction of sp³-hybridized carbons (Fsp3) is 0.333. The van der Waals surface area contributed by atoms with E-state index in [1.165, 1.54) is 0 Å². The summed E-state index contributed by atoms with van der Waals surface area (Å²) in [6, 6.07) is 5.61. The van der Waals surface area contributed by atoms with Crippen LogP contribution in [0.15, 0.2) is 24.5 Å². The number of halogens is 1. The SMILES string of the molecule is Cn1cnc2cc(C(=O)CCCCl)ccc21. The van der Waals surface area contributed by atoms with Crippen molar-refractivity contribution in [1.82, 2.24) is 9.55 Å². The number of hydrogen-bond acceptors (Lipinski definition) is 2. The summed E-state index contributed by atoms with van der Waals surface area (Å²) in [6.45, 7) is 0. The minimum Gasteiger partial charge on any atom is -0.334 e. The Bertz CT molecular complexity index is 519. The molecule has 0 aliphatic rings. The zero-order valence-corrected chi connectivity index (χ0v) is 9.87. The van der Waals surface area contributed by atoms with Gasteiger partial charge in [0.2, 0.25) is 0 Å². The van der Waals surface area contributed by atoms with E-state index in [9.17, 15) is 4.79 Å². The highest BCUT2D eigenvalue weighted by atomic mass is 35.5. The molecule has 0 N–H and O–H groups in total. The van der Waals surface area contributed by atoms with Gasteiger partial charge in [-0.1, -0.05) is 0 Å². The number of ketones is 1. The summed E-state index contributed by atoms with van der Waals surface area (Å²) < 4.78 is 1.93. The Morgan fingerprint density at radius 1 is 1.50 bits per heavy atom. The second kappa shape index (κ2) is 4.66. The third kappa shape index (κ3) is 2.09. The molecule has 0 saturated carbocycles. The lowest BCUT2D eigenvalue weighted by atomic mass is 10.1. The first kappa shape index (κ1) is 11.1. The maximum Gasteiger partial charge on any atom is 0.162 e. The van der Waals surface area contributed by atoms with Gasteiger partial charge in [0.25, 0.3) is 0 Å².